The van der Waals surface area contributed by atoms with Crippen LogP contribution in [0.25, 0.3) is 22.0 Å². The average molecular weight is 471 g/mol. The molecule has 0 spiro atoms. The molecule has 35 heavy (non-hydrogen) atoms. The normalized spacial score (nSPS) is 10.9. The molecule has 0 atom stereocenters. The number of nitrogens with two attached hydrogens (primary N) is 1. The summed E-state index contributed by atoms with van der Waals surface area (Å²) in [5.41, 5.74) is 7.92. The summed E-state index contributed by atoms with van der Waals surface area (Å²) < 4.78 is 33.8. The number of anilines is 3. The van der Waals surface area contributed by atoms with Crippen molar-refractivity contribution in [3.8, 4) is 22.6 Å². The summed E-state index contributed by atoms with van der Waals surface area (Å²) in [6, 6.07) is 13.2. The predicted octanol–water partition coefficient (Wildman–Crippen LogP) is 5.69. The predicted molar refractivity (Wildman–Crippen MR) is 131 cm³/mol. The lowest BCUT2D eigenvalue weighted by Crippen LogP contribution is -2.10. The molecule has 5 rings (SSSR count). The van der Waals surface area contributed by atoms with Crippen molar-refractivity contribution < 1.29 is 13.5 Å². The first kappa shape index (κ1) is 22.0. The summed E-state index contributed by atoms with van der Waals surface area (Å²) in [7, 11) is 0. The van der Waals surface area contributed by atoms with Crippen molar-refractivity contribution in [1.82, 2.24) is 15.0 Å². The number of hydrogen-bond acceptors (Lipinski definition) is 6. The number of benzene rings is 2. The van der Waals surface area contributed by atoms with Crippen LogP contribution in [0.1, 0.15) is 5.56 Å². The standard InChI is InChI=1S/C26H19F2N5O2/c1-14-21(9-11-30-25(14)29)35-22-7-6-17(12-19(22)28)33-26-23-20(8-10-31-26)32-13-18(24(23)34)15-2-4-16(27)5-3-15/h2-13H,1H3,(H2,29,30)(H,31,33)(H,32,34). The van der Waals surface area contributed by atoms with Crippen molar-refractivity contribution in [2.24, 2.45) is 0 Å². The zero-order valence-electron chi connectivity index (χ0n) is 18.5. The van der Waals surface area contributed by atoms with Gasteiger partial charge in [0.25, 0.3) is 0 Å². The van der Waals surface area contributed by atoms with E-state index < -0.39 is 11.6 Å². The van der Waals surface area contributed by atoms with Gasteiger partial charge in [-0.25, -0.2) is 18.7 Å². The summed E-state index contributed by atoms with van der Waals surface area (Å²) in [5, 5.41) is 3.30. The molecule has 0 radical (unpaired) electrons. The smallest absolute Gasteiger partial charge is 0.200 e. The van der Waals surface area contributed by atoms with Crippen LogP contribution in [0.4, 0.5) is 26.1 Å². The first-order valence-corrected chi connectivity index (χ1v) is 10.6. The maximum Gasteiger partial charge on any atom is 0.200 e. The number of nitrogen functional groups attached to an aromatic ring is 1. The Balaban J connectivity index is 1.49. The zero-order chi connectivity index (χ0) is 24.5. The first-order chi connectivity index (χ1) is 16.9. The SMILES string of the molecule is Cc1c(Oc2ccc(Nc3nccc4[nH]cc(-c5ccc(F)cc5)c(=O)c34)cc2F)ccnc1N. The van der Waals surface area contributed by atoms with Crippen LogP contribution in [0.3, 0.4) is 0 Å². The Morgan fingerprint density at radius 3 is 2.51 bits per heavy atom. The third-order valence-electron chi connectivity index (χ3n) is 5.56. The lowest BCUT2D eigenvalue weighted by molar-refractivity contribution is 0.439. The van der Waals surface area contributed by atoms with Crippen molar-refractivity contribution in [2.75, 3.05) is 11.1 Å². The van der Waals surface area contributed by atoms with Crippen LogP contribution >= 0.6 is 0 Å². The number of rotatable bonds is 5. The van der Waals surface area contributed by atoms with E-state index in [1.807, 2.05) is 0 Å². The Kier molecular flexibility index (Phi) is 5.58. The molecule has 0 saturated carbocycles. The van der Waals surface area contributed by atoms with Gasteiger partial charge in [-0.05, 0) is 48.9 Å². The van der Waals surface area contributed by atoms with Crippen molar-refractivity contribution >= 4 is 28.2 Å². The Morgan fingerprint density at radius 1 is 0.971 bits per heavy atom. The van der Waals surface area contributed by atoms with Gasteiger partial charge in [0.15, 0.2) is 11.6 Å². The molecule has 9 heteroatoms. The second kappa shape index (κ2) is 8.86. The monoisotopic (exact) mass is 471 g/mol. The molecule has 7 nitrogen and oxygen atoms in total. The van der Waals surface area contributed by atoms with Gasteiger partial charge < -0.3 is 20.8 Å². The fourth-order valence-electron chi connectivity index (χ4n) is 3.66. The Hall–Kier alpha value is -4.79. The Morgan fingerprint density at radius 2 is 1.74 bits per heavy atom. The van der Waals surface area contributed by atoms with Crippen molar-refractivity contribution in [3.05, 3.63) is 101 Å². The van der Waals surface area contributed by atoms with Crippen LogP contribution in [0.15, 0.2) is 78.0 Å². The van der Waals surface area contributed by atoms with E-state index in [9.17, 15) is 13.6 Å². The van der Waals surface area contributed by atoms with Gasteiger partial charge in [0, 0.05) is 41.5 Å². The third kappa shape index (κ3) is 4.26. The number of fused-ring (bicyclic) bond motifs is 1. The number of nitrogens with one attached hydrogen (secondary N) is 2. The summed E-state index contributed by atoms with van der Waals surface area (Å²) in [4.78, 5) is 24.6. The zero-order valence-corrected chi connectivity index (χ0v) is 18.5. The van der Waals surface area contributed by atoms with Gasteiger partial charge in [0.05, 0.1) is 10.9 Å². The summed E-state index contributed by atoms with van der Waals surface area (Å²) in [6.07, 6.45) is 4.58. The largest absolute Gasteiger partial charge is 0.454 e. The first-order valence-electron chi connectivity index (χ1n) is 10.6. The van der Waals surface area contributed by atoms with Gasteiger partial charge in [-0.1, -0.05) is 12.1 Å². The molecule has 2 aromatic carbocycles. The summed E-state index contributed by atoms with van der Waals surface area (Å²) in [5.74, 6) is -0.0656. The molecular formula is C26H19F2N5O2. The minimum absolute atomic E-state index is 0.00609. The van der Waals surface area contributed by atoms with Gasteiger partial charge in [-0.2, -0.15) is 0 Å². The molecule has 4 N–H and O–H groups in total. The van der Waals surface area contributed by atoms with Gasteiger partial charge in [-0.15, -0.1) is 0 Å². The number of halogens is 2. The van der Waals surface area contributed by atoms with E-state index in [4.69, 9.17) is 10.5 Å². The number of ether oxygens (including phenoxy) is 1. The molecule has 0 aliphatic heterocycles. The van der Waals surface area contributed by atoms with Crippen molar-refractivity contribution in [3.63, 3.8) is 0 Å². The number of aromatic amines is 1. The fraction of sp³-hybridized carbons (Fsp3) is 0.0385. The fourth-order valence-corrected chi connectivity index (χ4v) is 3.66. The summed E-state index contributed by atoms with van der Waals surface area (Å²) >= 11 is 0. The number of nitrogens with zero attached hydrogens (tertiary/aromatic N) is 2. The van der Waals surface area contributed by atoms with Crippen molar-refractivity contribution in [2.45, 2.75) is 6.92 Å². The van der Waals surface area contributed by atoms with E-state index in [-0.39, 0.29) is 22.4 Å². The van der Waals surface area contributed by atoms with Gasteiger partial charge in [0.1, 0.15) is 23.2 Å². The van der Waals surface area contributed by atoms with E-state index in [0.717, 1.165) is 0 Å². The van der Waals surface area contributed by atoms with E-state index >= 15 is 0 Å². The van der Waals surface area contributed by atoms with Crippen LogP contribution in [0.2, 0.25) is 0 Å². The lowest BCUT2D eigenvalue weighted by Gasteiger charge is -2.13. The Labute approximate surface area is 198 Å². The topological polar surface area (TPSA) is 106 Å². The van der Waals surface area contributed by atoms with Crippen LogP contribution in [-0.2, 0) is 0 Å². The highest BCUT2D eigenvalue weighted by atomic mass is 19.1. The lowest BCUT2D eigenvalue weighted by atomic mass is 10.0. The molecular weight excluding hydrogens is 452 g/mol. The highest BCUT2D eigenvalue weighted by Crippen LogP contribution is 2.31. The summed E-state index contributed by atoms with van der Waals surface area (Å²) in [6.45, 7) is 1.73. The highest BCUT2D eigenvalue weighted by Gasteiger charge is 2.14. The second-order valence-electron chi connectivity index (χ2n) is 7.81. The van der Waals surface area contributed by atoms with Crippen LogP contribution in [0.5, 0.6) is 11.5 Å². The molecule has 3 aromatic heterocycles. The second-order valence-corrected chi connectivity index (χ2v) is 7.81. The molecule has 0 saturated heterocycles. The van der Waals surface area contributed by atoms with Gasteiger partial charge >= 0.3 is 0 Å². The highest BCUT2D eigenvalue weighted by molar-refractivity contribution is 5.93. The number of pyridine rings is 3. The molecule has 0 fully saturated rings. The molecule has 0 unspecified atom stereocenters. The molecule has 0 bridgehead atoms. The van der Waals surface area contributed by atoms with Crippen LogP contribution in [0, 0.1) is 18.6 Å². The maximum atomic E-state index is 14.9. The molecule has 5 aromatic rings. The Bertz CT molecular complexity index is 1620. The number of hydrogen-bond donors (Lipinski definition) is 3. The van der Waals surface area contributed by atoms with Crippen LogP contribution in [-0.4, -0.2) is 15.0 Å². The van der Waals surface area contributed by atoms with E-state index in [2.05, 4.69) is 20.3 Å². The number of H-pyrrole nitrogens is 1. The minimum Gasteiger partial charge on any atom is -0.454 e. The van der Waals surface area contributed by atoms with E-state index in [0.29, 0.717) is 39.5 Å². The van der Waals surface area contributed by atoms with Gasteiger partial charge in [-0.3, -0.25) is 4.79 Å². The number of aromatic nitrogens is 3. The average Bonchev–Trinajstić information content (AvgIpc) is 2.84. The third-order valence-corrected chi connectivity index (χ3v) is 5.56. The molecule has 0 aliphatic carbocycles. The molecule has 174 valence electrons. The minimum atomic E-state index is -0.620. The quantitative estimate of drug-likeness (QED) is 0.304. The van der Waals surface area contributed by atoms with Crippen molar-refractivity contribution in [1.29, 1.82) is 0 Å². The van der Waals surface area contributed by atoms with E-state index in [1.165, 1.54) is 48.8 Å². The van der Waals surface area contributed by atoms with Crippen LogP contribution < -0.4 is 21.2 Å². The maximum absolute atomic E-state index is 14.9. The molecule has 3 heterocycles. The van der Waals surface area contributed by atoms with E-state index in [1.54, 1.807) is 31.3 Å². The molecule has 0 amide bonds. The van der Waals surface area contributed by atoms with Gasteiger partial charge in [0.2, 0.25) is 5.43 Å². The molecule has 0 aliphatic rings.